The molecule has 5 nitrogen and oxygen atoms in total. The minimum Gasteiger partial charge on any atom is -0.307 e. The van der Waals surface area contributed by atoms with Gasteiger partial charge in [-0.25, -0.2) is 4.68 Å². The predicted octanol–water partition coefficient (Wildman–Crippen LogP) is 3.65. The van der Waals surface area contributed by atoms with Gasteiger partial charge in [-0.1, -0.05) is 61.5 Å². The van der Waals surface area contributed by atoms with Gasteiger partial charge >= 0.3 is 0 Å². The first-order valence-corrected chi connectivity index (χ1v) is 8.46. The molecule has 0 aliphatic carbocycles. The molecule has 0 N–H and O–H groups in total. The summed E-state index contributed by atoms with van der Waals surface area (Å²) in [6.07, 6.45) is 0. The topological polar surface area (TPSA) is 51.0 Å². The molecule has 0 saturated heterocycles. The second-order valence-electron chi connectivity index (χ2n) is 6.66. The van der Waals surface area contributed by atoms with Gasteiger partial charge in [0.15, 0.2) is 0 Å². The highest BCUT2D eigenvalue weighted by Crippen LogP contribution is 2.40. The number of hydrogen-bond acceptors (Lipinski definition) is 3. The molecule has 0 saturated carbocycles. The molecule has 2 heterocycles. The molecule has 1 aliphatic heterocycles. The standard InChI is InChI=1S/C20H20N4O/c1-13(2)20(25)24-12-14-8-4-5-9-15(14)18-19(23(3)22-21-18)16-10-6-7-11-17(16)24/h4-11,13H,12H2,1-3H3. The average Bonchev–Trinajstić information content (AvgIpc) is 2.99. The largest absolute Gasteiger partial charge is 0.307 e. The number of anilines is 1. The van der Waals surface area contributed by atoms with Crippen LogP contribution in [0.1, 0.15) is 19.4 Å². The number of carbonyl (C=O) groups is 1. The third-order valence-electron chi connectivity index (χ3n) is 4.64. The van der Waals surface area contributed by atoms with E-state index in [4.69, 9.17) is 0 Å². The van der Waals surface area contributed by atoms with Crippen LogP contribution >= 0.6 is 0 Å². The molecular formula is C20H20N4O. The third-order valence-corrected chi connectivity index (χ3v) is 4.64. The number of aromatic nitrogens is 3. The van der Waals surface area contributed by atoms with Gasteiger partial charge in [0.05, 0.1) is 17.9 Å². The number of para-hydroxylation sites is 1. The Morgan fingerprint density at radius 3 is 2.48 bits per heavy atom. The van der Waals surface area contributed by atoms with E-state index < -0.39 is 0 Å². The summed E-state index contributed by atoms with van der Waals surface area (Å²) >= 11 is 0. The zero-order valence-corrected chi connectivity index (χ0v) is 14.6. The van der Waals surface area contributed by atoms with Gasteiger partial charge < -0.3 is 4.90 Å². The van der Waals surface area contributed by atoms with Gasteiger partial charge in [0.1, 0.15) is 5.69 Å². The van der Waals surface area contributed by atoms with E-state index in [9.17, 15) is 4.79 Å². The summed E-state index contributed by atoms with van der Waals surface area (Å²) in [6, 6.07) is 16.1. The van der Waals surface area contributed by atoms with Gasteiger partial charge in [-0.3, -0.25) is 4.79 Å². The Morgan fingerprint density at radius 1 is 1.04 bits per heavy atom. The van der Waals surface area contributed by atoms with Gasteiger partial charge in [-0.05, 0) is 11.6 Å². The van der Waals surface area contributed by atoms with Crippen LogP contribution in [0, 0.1) is 5.92 Å². The first-order chi connectivity index (χ1) is 12.1. The lowest BCUT2D eigenvalue weighted by Crippen LogP contribution is -2.34. The summed E-state index contributed by atoms with van der Waals surface area (Å²) in [5.41, 5.74) is 5.79. The van der Waals surface area contributed by atoms with E-state index in [1.54, 1.807) is 4.68 Å². The van der Waals surface area contributed by atoms with E-state index in [0.717, 1.165) is 33.8 Å². The molecular weight excluding hydrogens is 312 g/mol. The first-order valence-electron chi connectivity index (χ1n) is 8.46. The number of rotatable bonds is 1. The Labute approximate surface area is 146 Å². The summed E-state index contributed by atoms with van der Waals surface area (Å²) in [5, 5.41) is 8.66. The maximum absolute atomic E-state index is 13.0. The van der Waals surface area contributed by atoms with Crippen LogP contribution in [0.5, 0.6) is 0 Å². The lowest BCUT2D eigenvalue weighted by atomic mass is 9.95. The maximum atomic E-state index is 13.0. The van der Waals surface area contributed by atoms with E-state index in [0.29, 0.717) is 6.54 Å². The van der Waals surface area contributed by atoms with Crippen LogP contribution < -0.4 is 4.90 Å². The zero-order valence-electron chi connectivity index (χ0n) is 14.6. The SMILES string of the molecule is CC(C)C(=O)N1Cc2ccccc2-c2nnn(C)c2-c2ccccc21. The highest BCUT2D eigenvalue weighted by molar-refractivity contribution is 6.00. The Bertz CT molecular complexity index is 958. The molecule has 4 rings (SSSR count). The van der Waals surface area contributed by atoms with Crippen LogP contribution in [0.25, 0.3) is 22.5 Å². The lowest BCUT2D eigenvalue weighted by Gasteiger charge is -2.29. The zero-order chi connectivity index (χ0) is 17.6. The van der Waals surface area contributed by atoms with Crippen molar-refractivity contribution in [2.75, 3.05) is 4.90 Å². The molecule has 1 amide bonds. The first kappa shape index (κ1) is 15.6. The summed E-state index contributed by atoms with van der Waals surface area (Å²) in [6.45, 7) is 4.40. The van der Waals surface area contributed by atoms with Gasteiger partial charge in [0.25, 0.3) is 0 Å². The van der Waals surface area contributed by atoms with Crippen LogP contribution in [-0.4, -0.2) is 20.9 Å². The number of carbonyl (C=O) groups excluding carboxylic acids is 1. The molecule has 0 atom stereocenters. The Hall–Kier alpha value is -2.95. The van der Waals surface area contributed by atoms with Gasteiger partial charge in [-0.2, -0.15) is 0 Å². The Balaban J connectivity index is 2.06. The fourth-order valence-electron chi connectivity index (χ4n) is 3.40. The van der Waals surface area contributed by atoms with Crippen LogP contribution in [0.2, 0.25) is 0 Å². The fraction of sp³-hybridized carbons (Fsp3) is 0.250. The molecule has 2 aromatic carbocycles. The smallest absolute Gasteiger partial charge is 0.229 e. The summed E-state index contributed by atoms with van der Waals surface area (Å²) in [4.78, 5) is 14.8. The normalized spacial score (nSPS) is 12.9. The molecule has 1 aliphatic rings. The molecule has 1 aromatic heterocycles. The molecule has 126 valence electrons. The molecule has 3 aromatic rings. The number of nitrogens with zero attached hydrogens (tertiary/aromatic N) is 4. The van der Waals surface area contributed by atoms with Crippen molar-refractivity contribution in [2.24, 2.45) is 13.0 Å². The predicted molar refractivity (Wildman–Crippen MR) is 97.9 cm³/mol. The van der Waals surface area contributed by atoms with E-state index in [1.165, 1.54) is 0 Å². The van der Waals surface area contributed by atoms with Gasteiger partial charge in [0, 0.05) is 24.1 Å². The molecule has 0 fully saturated rings. The van der Waals surface area contributed by atoms with Crippen LogP contribution in [0.15, 0.2) is 48.5 Å². The van der Waals surface area contributed by atoms with Crippen molar-refractivity contribution >= 4 is 11.6 Å². The van der Waals surface area contributed by atoms with E-state index >= 15 is 0 Å². The molecule has 0 unspecified atom stereocenters. The van der Waals surface area contributed by atoms with Crippen molar-refractivity contribution < 1.29 is 4.79 Å². The van der Waals surface area contributed by atoms with E-state index in [1.807, 2.05) is 62.2 Å². The van der Waals surface area contributed by atoms with E-state index in [-0.39, 0.29) is 11.8 Å². The van der Waals surface area contributed by atoms with Crippen molar-refractivity contribution in [1.29, 1.82) is 0 Å². The highest BCUT2D eigenvalue weighted by atomic mass is 16.2. The number of aryl methyl sites for hydroxylation is 1. The molecule has 0 radical (unpaired) electrons. The van der Waals surface area contributed by atoms with Crippen molar-refractivity contribution in [1.82, 2.24) is 15.0 Å². The second kappa shape index (κ2) is 5.84. The number of hydrogen-bond donors (Lipinski definition) is 0. The Kier molecular flexibility index (Phi) is 3.64. The fourth-order valence-corrected chi connectivity index (χ4v) is 3.40. The summed E-state index contributed by atoms with van der Waals surface area (Å²) in [5.74, 6) is 0.0320. The quantitative estimate of drug-likeness (QED) is 0.683. The Morgan fingerprint density at radius 2 is 1.72 bits per heavy atom. The molecule has 0 spiro atoms. The van der Waals surface area contributed by atoms with Crippen LogP contribution in [0.3, 0.4) is 0 Å². The number of amides is 1. The minimum atomic E-state index is -0.0798. The van der Waals surface area contributed by atoms with Crippen LogP contribution in [0.4, 0.5) is 5.69 Å². The van der Waals surface area contributed by atoms with Crippen molar-refractivity contribution in [3.63, 3.8) is 0 Å². The van der Waals surface area contributed by atoms with Crippen LogP contribution in [-0.2, 0) is 18.4 Å². The van der Waals surface area contributed by atoms with Gasteiger partial charge in [-0.15, -0.1) is 5.10 Å². The summed E-state index contributed by atoms with van der Waals surface area (Å²) in [7, 11) is 1.89. The summed E-state index contributed by atoms with van der Waals surface area (Å²) < 4.78 is 1.79. The molecule has 25 heavy (non-hydrogen) atoms. The number of fused-ring (bicyclic) bond motifs is 5. The average molecular weight is 332 g/mol. The van der Waals surface area contributed by atoms with E-state index in [2.05, 4.69) is 22.4 Å². The highest BCUT2D eigenvalue weighted by Gasteiger charge is 2.29. The number of benzene rings is 2. The monoisotopic (exact) mass is 332 g/mol. The van der Waals surface area contributed by atoms with Crippen molar-refractivity contribution in [3.8, 4) is 22.5 Å². The molecule has 5 heteroatoms. The van der Waals surface area contributed by atoms with Gasteiger partial charge in [0.2, 0.25) is 5.91 Å². The molecule has 0 bridgehead atoms. The second-order valence-corrected chi connectivity index (χ2v) is 6.66. The maximum Gasteiger partial charge on any atom is 0.229 e. The minimum absolute atomic E-state index is 0.0798. The lowest BCUT2D eigenvalue weighted by molar-refractivity contribution is -0.121. The van der Waals surface area contributed by atoms with Crippen molar-refractivity contribution in [3.05, 3.63) is 54.1 Å². The third kappa shape index (κ3) is 2.43. The van der Waals surface area contributed by atoms with Crippen molar-refractivity contribution in [2.45, 2.75) is 20.4 Å².